The monoisotopic (exact) mass is 222 g/mol. The largest absolute Gasteiger partial charge is 0.481 e. The zero-order valence-corrected chi connectivity index (χ0v) is 8.14. The minimum Gasteiger partial charge on any atom is -0.481 e. The molecule has 1 unspecified atom stereocenters. The summed E-state index contributed by atoms with van der Waals surface area (Å²) in [7, 11) is 1.59. The molecule has 0 rings (SSSR count). The van der Waals surface area contributed by atoms with Crippen molar-refractivity contribution < 1.29 is 29.7 Å². The van der Waals surface area contributed by atoms with E-state index in [1.165, 1.54) is 0 Å². The number of hydrogen-bond donors (Lipinski definition) is 5. The molecule has 8 heteroatoms. The van der Waals surface area contributed by atoms with E-state index in [1.807, 2.05) is 0 Å². The lowest BCUT2D eigenvalue weighted by Crippen LogP contribution is -2.32. The van der Waals surface area contributed by atoms with Crippen LogP contribution >= 0.6 is 0 Å². The Bertz CT molecular complexity index is 230. The summed E-state index contributed by atoms with van der Waals surface area (Å²) in [6, 6.07) is -1.29. The lowest BCUT2D eigenvalue weighted by atomic mass is 10.2. The van der Waals surface area contributed by atoms with Gasteiger partial charge in [0, 0.05) is 0 Å². The van der Waals surface area contributed by atoms with Gasteiger partial charge in [0.1, 0.15) is 6.04 Å². The van der Waals surface area contributed by atoms with Crippen LogP contribution in [0.5, 0.6) is 0 Å². The first-order valence-corrected chi connectivity index (χ1v) is 3.87. The first-order valence-electron chi connectivity index (χ1n) is 3.87. The SMILES string of the molecule is CNCC(=O)O.NC(CC(=O)O)C(=O)O. The standard InChI is InChI=1S/C4H7NO4.C3H7NO2/c5-2(4(8)9)1-3(6)7;1-4-2-3(5)6/h2H,1,5H2,(H,6,7)(H,8,9);4H,2H2,1H3,(H,5,6). The van der Waals surface area contributed by atoms with Gasteiger partial charge in [-0.2, -0.15) is 0 Å². The molecular formula is C7H14N2O6. The van der Waals surface area contributed by atoms with E-state index in [4.69, 9.17) is 21.1 Å². The molecule has 88 valence electrons. The molecule has 0 saturated heterocycles. The van der Waals surface area contributed by atoms with Crippen molar-refractivity contribution in [1.29, 1.82) is 0 Å². The molecule has 0 spiro atoms. The molecule has 1 atom stereocenters. The highest BCUT2D eigenvalue weighted by atomic mass is 16.4. The summed E-state index contributed by atoms with van der Waals surface area (Å²) in [5, 5.41) is 26.4. The Balaban J connectivity index is 0. The van der Waals surface area contributed by atoms with Crippen LogP contribution in [-0.4, -0.2) is 52.9 Å². The highest BCUT2D eigenvalue weighted by molar-refractivity contribution is 5.80. The first kappa shape index (κ1) is 15.8. The van der Waals surface area contributed by atoms with Crippen molar-refractivity contribution in [1.82, 2.24) is 5.32 Å². The van der Waals surface area contributed by atoms with Crippen LogP contribution in [0.25, 0.3) is 0 Å². The van der Waals surface area contributed by atoms with Crippen LogP contribution in [0.1, 0.15) is 6.42 Å². The smallest absolute Gasteiger partial charge is 0.321 e. The topological polar surface area (TPSA) is 150 Å². The van der Waals surface area contributed by atoms with Crippen LogP contribution in [0.2, 0.25) is 0 Å². The predicted octanol–water partition coefficient (Wildman–Crippen LogP) is -1.84. The Hall–Kier alpha value is -1.67. The van der Waals surface area contributed by atoms with Crippen LogP contribution < -0.4 is 11.1 Å². The van der Waals surface area contributed by atoms with Crippen molar-refractivity contribution in [2.45, 2.75) is 12.5 Å². The van der Waals surface area contributed by atoms with Crippen LogP contribution in [0, 0.1) is 0 Å². The molecule has 0 saturated carbocycles. The molecule has 0 aromatic rings. The molecule has 8 nitrogen and oxygen atoms in total. The Labute approximate surface area is 85.7 Å². The number of carboxylic acids is 3. The van der Waals surface area contributed by atoms with Gasteiger partial charge in [-0.1, -0.05) is 0 Å². The molecule has 0 aliphatic rings. The number of carboxylic acid groups (broad SMARTS) is 3. The average Bonchev–Trinajstić information content (AvgIpc) is 2.03. The van der Waals surface area contributed by atoms with E-state index in [0.717, 1.165) is 0 Å². The van der Waals surface area contributed by atoms with Crippen molar-refractivity contribution in [2.75, 3.05) is 13.6 Å². The zero-order chi connectivity index (χ0) is 12.4. The molecule has 15 heavy (non-hydrogen) atoms. The molecule has 0 fully saturated rings. The number of nitrogens with one attached hydrogen (secondary N) is 1. The molecule has 0 amide bonds. The van der Waals surface area contributed by atoms with E-state index in [9.17, 15) is 14.4 Å². The van der Waals surface area contributed by atoms with Gasteiger partial charge in [-0.3, -0.25) is 14.4 Å². The quantitative estimate of drug-likeness (QED) is 0.364. The Kier molecular flexibility index (Phi) is 9.37. The fourth-order valence-corrected chi connectivity index (χ4v) is 0.427. The highest BCUT2D eigenvalue weighted by Crippen LogP contribution is 1.86. The van der Waals surface area contributed by atoms with Crippen LogP contribution in [0.4, 0.5) is 0 Å². The number of hydrogen-bond acceptors (Lipinski definition) is 5. The summed E-state index contributed by atoms with van der Waals surface area (Å²) in [6.45, 7) is 0.0417. The molecule has 0 aromatic heterocycles. The average molecular weight is 222 g/mol. The van der Waals surface area contributed by atoms with E-state index in [2.05, 4.69) is 5.32 Å². The van der Waals surface area contributed by atoms with Crippen molar-refractivity contribution >= 4 is 17.9 Å². The minimum atomic E-state index is -1.29. The fraction of sp³-hybridized carbons (Fsp3) is 0.571. The van der Waals surface area contributed by atoms with E-state index < -0.39 is 30.4 Å². The normalized spacial score (nSPS) is 10.8. The molecular weight excluding hydrogens is 208 g/mol. The van der Waals surface area contributed by atoms with Crippen LogP contribution in [0.15, 0.2) is 0 Å². The molecule has 0 aromatic carbocycles. The van der Waals surface area contributed by atoms with Gasteiger partial charge in [0.05, 0.1) is 13.0 Å². The van der Waals surface area contributed by atoms with Crippen molar-refractivity contribution in [3.05, 3.63) is 0 Å². The Morgan fingerprint density at radius 2 is 1.67 bits per heavy atom. The van der Waals surface area contributed by atoms with E-state index in [1.54, 1.807) is 7.05 Å². The first-order chi connectivity index (χ1) is 6.81. The van der Waals surface area contributed by atoms with E-state index in [-0.39, 0.29) is 6.54 Å². The predicted molar refractivity (Wildman–Crippen MR) is 49.4 cm³/mol. The van der Waals surface area contributed by atoms with Gasteiger partial charge >= 0.3 is 17.9 Å². The lowest BCUT2D eigenvalue weighted by molar-refractivity contribution is -0.144. The molecule has 0 radical (unpaired) electrons. The fourth-order valence-electron chi connectivity index (χ4n) is 0.427. The summed E-state index contributed by atoms with van der Waals surface area (Å²) < 4.78 is 0. The van der Waals surface area contributed by atoms with Gasteiger partial charge in [0.25, 0.3) is 0 Å². The molecule has 0 bridgehead atoms. The van der Waals surface area contributed by atoms with Gasteiger partial charge in [-0.05, 0) is 7.05 Å². The molecule has 0 aliphatic carbocycles. The summed E-state index contributed by atoms with van der Waals surface area (Å²) in [5.41, 5.74) is 4.84. The summed E-state index contributed by atoms with van der Waals surface area (Å²) in [5.74, 6) is -3.32. The van der Waals surface area contributed by atoms with Gasteiger partial charge < -0.3 is 26.4 Å². The zero-order valence-electron chi connectivity index (χ0n) is 8.14. The Morgan fingerprint density at radius 1 is 1.20 bits per heavy atom. The minimum absolute atomic E-state index is 0.0417. The van der Waals surface area contributed by atoms with Crippen molar-refractivity contribution in [3.8, 4) is 0 Å². The summed E-state index contributed by atoms with van der Waals surface area (Å²) in [6.07, 6.45) is -0.532. The third-order valence-electron chi connectivity index (χ3n) is 1.04. The molecule has 6 N–H and O–H groups in total. The number of nitrogens with two attached hydrogens (primary N) is 1. The second-order valence-corrected chi connectivity index (χ2v) is 2.47. The Morgan fingerprint density at radius 3 is 1.73 bits per heavy atom. The lowest BCUT2D eigenvalue weighted by Gasteiger charge is -1.99. The maximum atomic E-state index is 9.85. The number of likely N-dealkylation sites (N-methyl/N-ethyl adjacent to an activating group) is 1. The number of carbonyl (C=O) groups is 3. The maximum absolute atomic E-state index is 9.85. The van der Waals surface area contributed by atoms with Crippen LogP contribution in [-0.2, 0) is 14.4 Å². The number of aliphatic carboxylic acids is 3. The van der Waals surface area contributed by atoms with E-state index >= 15 is 0 Å². The van der Waals surface area contributed by atoms with Crippen LogP contribution in [0.3, 0.4) is 0 Å². The van der Waals surface area contributed by atoms with E-state index in [0.29, 0.717) is 0 Å². The van der Waals surface area contributed by atoms with Gasteiger partial charge in [-0.25, -0.2) is 0 Å². The second-order valence-electron chi connectivity index (χ2n) is 2.47. The molecule has 0 aliphatic heterocycles. The van der Waals surface area contributed by atoms with Gasteiger partial charge in [0.15, 0.2) is 0 Å². The summed E-state index contributed by atoms with van der Waals surface area (Å²) in [4.78, 5) is 29.2. The molecule has 0 heterocycles. The van der Waals surface area contributed by atoms with Gasteiger partial charge in [0.2, 0.25) is 0 Å². The maximum Gasteiger partial charge on any atom is 0.321 e. The number of rotatable bonds is 5. The van der Waals surface area contributed by atoms with Crippen molar-refractivity contribution in [2.24, 2.45) is 5.73 Å². The van der Waals surface area contributed by atoms with Crippen molar-refractivity contribution in [3.63, 3.8) is 0 Å². The third-order valence-corrected chi connectivity index (χ3v) is 1.04. The van der Waals surface area contributed by atoms with Gasteiger partial charge in [-0.15, -0.1) is 0 Å². The highest BCUT2D eigenvalue weighted by Gasteiger charge is 2.14. The second kappa shape index (κ2) is 8.91. The third kappa shape index (κ3) is 15.1. The summed E-state index contributed by atoms with van der Waals surface area (Å²) >= 11 is 0.